The van der Waals surface area contributed by atoms with Crippen LogP contribution in [-0.4, -0.2) is 54.9 Å². The average molecular weight is 538 g/mol. The first-order valence-corrected chi connectivity index (χ1v) is 14.2. The van der Waals surface area contributed by atoms with Crippen molar-refractivity contribution in [3.05, 3.63) is 71.9 Å². The van der Waals surface area contributed by atoms with E-state index >= 15 is 0 Å². The summed E-state index contributed by atoms with van der Waals surface area (Å²) in [5.74, 6) is 0.513. The Morgan fingerprint density at radius 2 is 1.95 bits per heavy atom. The van der Waals surface area contributed by atoms with Gasteiger partial charge in [0.1, 0.15) is 17.3 Å². The van der Waals surface area contributed by atoms with E-state index in [2.05, 4.69) is 35.6 Å². The molecule has 2 unspecified atom stereocenters. The molecule has 3 aromatic rings. The Kier molecular flexibility index (Phi) is 7.11. The normalized spacial score (nSPS) is 20.4. The zero-order valence-corrected chi connectivity index (χ0v) is 22.5. The van der Waals surface area contributed by atoms with Crippen LogP contribution in [0.2, 0.25) is 0 Å². The molecule has 0 spiro atoms. The molecular weight excluding hydrogens is 506 g/mol. The summed E-state index contributed by atoms with van der Waals surface area (Å²) < 4.78 is 43.5. The summed E-state index contributed by atoms with van der Waals surface area (Å²) in [7, 11) is -4.04. The maximum atomic E-state index is 13.3. The maximum Gasteiger partial charge on any atom is 0.234 e. The molecule has 38 heavy (non-hydrogen) atoms. The van der Waals surface area contributed by atoms with Gasteiger partial charge in [0.05, 0.1) is 12.2 Å². The topological polar surface area (TPSA) is 108 Å². The molecule has 2 atom stereocenters. The van der Waals surface area contributed by atoms with Crippen LogP contribution in [0.1, 0.15) is 43.1 Å². The van der Waals surface area contributed by atoms with Crippen molar-refractivity contribution in [2.24, 2.45) is 5.92 Å². The van der Waals surface area contributed by atoms with Crippen LogP contribution in [0.3, 0.4) is 0 Å². The number of sulfone groups is 1. The predicted octanol–water partition coefficient (Wildman–Crippen LogP) is 4.07. The number of pyridine rings is 2. The van der Waals surface area contributed by atoms with Gasteiger partial charge in [-0.25, -0.2) is 18.4 Å². The number of carbonyl (C=O) groups excluding carboxylic acids is 1. The van der Waals surface area contributed by atoms with Crippen LogP contribution in [-0.2, 0) is 21.2 Å². The number of fused-ring (bicyclic) bond motifs is 1. The summed E-state index contributed by atoms with van der Waals surface area (Å²) in [4.78, 5) is 24.0. The number of hydrogen-bond acceptors (Lipinski definition) is 9. The van der Waals surface area contributed by atoms with Crippen molar-refractivity contribution >= 4 is 21.4 Å². The lowest BCUT2D eigenvalue weighted by atomic mass is 9.97. The molecule has 4 heterocycles. The van der Waals surface area contributed by atoms with Crippen molar-refractivity contribution < 1.29 is 27.4 Å². The van der Waals surface area contributed by atoms with Crippen molar-refractivity contribution in [3.63, 3.8) is 0 Å². The Labute approximate surface area is 222 Å². The highest BCUT2D eigenvalue weighted by atomic mass is 32.2. The van der Waals surface area contributed by atoms with E-state index in [9.17, 15) is 13.2 Å². The first kappa shape index (κ1) is 26.1. The molecule has 0 saturated carbocycles. The lowest BCUT2D eigenvalue weighted by Crippen LogP contribution is -2.39. The second-order valence-corrected chi connectivity index (χ2v) is 12.3. The zero-order valence-electron chi connectivity index (χ0n) is 21.7. The minimum absolute atomic E-state index is 0.0207. The molecule has 0 amide bonds. The molecule has 1 fully saturated rings. The monoisotopic (exact) mass is 537 g/mol. The highest BCUT2D eigenvalue weighted by Crippen LogP contribution is 2.37. The van der Waals surface area contributed by atoms with Gasteiger partial charge in [0.15, 0.2) is 17.4 Å². The summed E-state index contributed by atoms with van der Waals surface area (Å²) in [5, 5.41) is -0.236. The lowest BCUT2D eigenvalue weighted by Gasteiger charge is -2.33. The Balaban J connectivity index is 1.28. The number of Topliss-reactive ketones (excluding diaryl/α,β-unsaturated/α-hetero) is 1. The SMILES string of the molecule is CC1CN(c2ncccc2C(=O)CS(=O)(=O)c2cccc(OCC3OCc4ccccc4O3)n2)C(C)(C)C1. The molecule has 2 aliphatic rings. The number of ketones is 1. The number of anilines is 1. The number of rotatable bonds is 8. The molecule has 10 heteroatoms. The second kappa shape index (κ2) is 10.3. The summed E-state index contributed by atoms with van der Waals surface area (Å²) >= 11 is 0. The highest BCUT2D eigenvalue weighted by Gasteiger charge is 2.39. The first-order valence-electron chi connectivity index (χ1n) is 12.6. The van der Waals surface area contributed by atoms with Gasteiger partial charge >= 0.3 is 0 Å². The van der Waals surface area contributed by atoms with Crippen LogP contribution in [0, 0.1) is 5.92 Å². The van der Waals surface area contributed by atoms with E-state index < -0.39 is 27.7 Å². The number of nitrogens with zero attached hydrogens (tertiary/aromatic N) is 3. The van der Waals surface area contributed by atoms with Crippen molar-refractivity contribution in [1.29, 1.82) is 0 Å². The van der Waals surface area contributed by atoms with Crippen molar-refractivity contribution in [3.8, 4) is 11.6 Å². The number of hydrogen-bond donors (Lipinski definition) is 0. The number of benzene rings is 1. The van der Waals surface area contributed by atoms with Gasteiger partial charge in [0, 0.05) is 29.9 Å². The van der Waals surface area contributed by atoms with Gasteiger partial charge in [-0.3, -0.25) is 4.79 Å². The molecule has 0 N–H and O–H groups in total. The highest BCUT2D eigenvalue weighted by molar-refractivity contribution is 7.92. The fraction of sp³-hybridized carbons (Fsp3) is 0.393. The average Bonchev–Trinajstić information content (AvgIpc) is 3.18. The van der Waals surface area contributed by atoms with Gasteiger partial charge in [-0.05, 0) is 50.5 Å². The van der Waals surface area contributed by atoms with Gasteiger partial charge in [0.2, 0.25) is 22.0 Å². The molecule has 200 valence electrons. The van der Waals surface area contributed by atoms with E-state index in [0.29, 0.717) is 18.3 Å². The number of carbonyl (C=O) groups is 1. The van der Waals surface area contributed by atoms with Gasteiger partial charge in [-0.15, -0.1) is 0 Å². The molecule has 0 radical (unpaired) electrons. The molecule has 2 aromatic heterocycles. The molecule has 5 rings (SSSR count). The van der Waals surface area contributed by atoms with Gasteiger partial charge in [0.25, 0.3) is 0 Å². The Hall–Kier alpha value is -3.50. The first-order chi connectivity index (χ1) is 18.1. The summed E-state index contributed by atoms with van der Waals surface area (Å²) in [6.45, 7) is 7.52. The van der Waals surface area contributed by atoms with Crippen molar-refractivity contribution in [1.82, 2.24) is 9.97 Å². The second-order valence-electron chi connectivity index (χ2n) is 10.4. The molecule has 2 aliphatic heterocycles. The van der Waals surface area contributed by atoms with Crippen LogP contribution in [0.5, 0.6) is 11.6 Å². The van der Waals surface area contributed by atoms with E-state index in [0.717, 1.165) is 24.3 Å². The third kappa shape index (κ3) is 5.51. The zero-order chi connectivity index (χ0) is 26.9. The van der Waals surface area contributed by atoms with Gasteiger partial charge < -0.3 is 19.1 Å². The quantitative estimate of drug-likeness (QED) is 0.393. The van der Waals surface area contributed by atoms with E-state index in [1.807, 2.05) is 24.3 Å². The number of ether oxygens (including phenoxy) is 3. The summed E-state index contributed by atoms with van der Waals surface area (Å²) in [6, 6.07) is 15.3. The molecule has 1 saturated heterocycles. The lowest BCUT2D eigenvalue weighted by molar-refractivity contribution is -0.126. The molecule has 0 bridgehead atoms. The summed E-state index contributed by atoms with van der Waals surface area (Å²) in [6.07, 6.45) is 1.92. The summed E-state index contributed by atoms with van der Waals surface area (Å²) in [5.41, 5.74) is 1.04. The largest absolute Gasteiger partial charge is 0.471 e. The third-order valence-corrected chi connectivity index (χ3v) is 8.28. The fourth-order valence-electron chi connectivity index (χ4n) is 5.09. The number of aromatic nitrogens is 2. The van der Waals surface area contributed by atoms with E-state index in [1.165, 1.54) is 12.1 Å². The van der Waals surface area contributed by atoms with E-state index in [-0.39, 0.29) is 28.6 Å². The Morgan fingerprint density at radius 1 is 1.13 bits per heavy atom. The minimum Gasteiger partial charge on any atom is -0.471 e. The van der Waals surface area contributed by atoms with Gasteiger partial charge in [-0.2, -0.15) is 0 Å². The van der Waals surface area contributed by atoms with E-state index in [1.54, 1.807) is 24.4 Å². The van der Waals surface area contributed by atoms with Crippen LogP contribution in [0.4, 0.5) is 5.82 Å². The van der Waals surface area contributed by atoms with Crippen molar-refractivity contribution in [2.75, 3.05) is 23.8 Å². The van der Waals surface area contributed by atoms with Crippen LogP contribution >= 0.6 is 0 Å². The maximum absolute atomic E-state index is 13.3. The minimum atomic E-state index is -4.04. The predicted molar refractivity (Wildman–Crippen MR) is 141 cm³/mol. The smallest absolute Gasteiger partial charge is 0.234 e. The molecule has 0 aliphatic carbocycles. The van der Waals surface area contributed by atoms with Crippen LogP contribution in [0.15, 0.2) is 65.8 Å². The number of para-hydroxylation sites is 1. The van der Waals surface area contributed by atoms with Crippen molar-refractivity contribution in [2.45, 2.75) is 50.7 Å². The third-order valence-electron chi connectivity index (χ3n) is 6.78. The van der Waals surface area contributed by atoms with Crippen LogP contribution < -0.4 is 14.4 Å². The van der Waals surface area contributed by atoms with Crippen LogP contribution in [0.25, 0.3) is 0 Å². The molecule has 9 nitrogen and oxygen atoms in total. The fourth-order valence-corrected chi connectivity index (χ4v) is 6.26. The Morgan fingerprint density at radius 3 is 2.74 bits per heavy atom. The molecular formula is C28H31N3O6S. The molecule has 1 aromatic carbocycles. The standard InChI is InChI=1S/C28H31N3O6S/c1-19-14-28(2,3)31(15-19)27-21(9-7-13-29-27)22(32)18-38(33,34)25-12-6-11-24(30-25)35-17-26-36-16-20-8-4-5-10-23(20)37-26/h4-13,19,26H,14-18H2,1-3H3. The van der Waals surface area contributed by atoms with Gasteiger partial charge in [-0.1, -0.05) is 31.2 Å². The van der Waals surface area contributed by atoms with E-state index in [4.69, 9.17) is 14.2 Å². The Bertz CT molecular complexity index is 1440.